The van der Waals surface area contributed by atoms with Gasteiger partial charge >= 0.3 is 5.97 Å². The summed E-state index contributed by atoms with van der Waals surface area (Å²) in [6.07, 6.45) is 0.228. The molecule has 0 aromatic rings. The van der Waals surface area contributed by atoms with E-state index in [0.717, 1.165) is 0 Å². The Balaban J connectivity index is 2.76. The van der Waals surface area contributed by atoms with Crippen molar-refractivity contribution in [3.63, 3.8) is 0 Å². The van der Waals surface area contributed by atoms with Crippen LogP contribution in [0.1, 0.15) is 47.0 Å². The van der Waals surface area contributed by atoms with Gasteiger partial charge in [-0.1, -0.05) is 13.8 Å². The van der Waals surface area contributed by atoms with Crippen molar-refractivity contribution in [1.29, 1.82) is 0 Å². The van der Waals surface area contributed by atoms with Crippen LogP contribution in [0.25, 0.3) is 0 Å². The number of likely N-dealkylation sites (tertiary alicyclic amines) is 1. The number of aliphatic hydroxyl groups excluding tert-OH is 1. The molecule has 0 aromatic heterocycles. The first-order valence-electron chi connectivity index (χ1n) is 9.53. The number of carboxylic acids is 1. The van der Waals surface area contributed by atoms with E-state index in [1.54, 1.807) is 0 Å². The molecular weight excluding hydrogens is 368 g/mol. The van der Waals surface area contributed by atoms with Crippen LogP contribution in [0.5, 0.6) is 0 Å². The molecule has 0 aromatic carbocycles. The van der Waals surface area contributed by atoms with Crippen LogP contribution in [0.4, 0.5) is 0 Å². The molecule has 3 amide bonds. The summed E-state index contributed by atoms with van der Waals surface area (Å²) in [4.78, 5) is 50.0. The maximum atomic E-state index is 12.7. The second-order valence-electron chi connectivity index (χ2n) is 7.72. The number of hydrogen-bond acceptors (Lipinski definition) is 6. The van der Waals surface area contributed by atoms with E-state index >= 15 is 0 Å². The summed E-state index contributed by atoms with van der Waals surface area (Å²) in [7, 11) is 0. The molecule has 0 aliphatic carbocycles. The SMILES string of the molecule is CC(C)CC(NC(=O)C1CCCN1C(=O)C(C)NC(=O)C(N)C(C)O)C(=O)O. The maximum Gasteiger partial charge on any atom is 0.326 e. The summed E-state index contributed by atoms with van der Waals surface area (Å²) in [6.45, 7) is 6.89. The van der Waals surface area contributed by atoms with Crippen molar-refractivity contribution < 1.29 is 29.4 Å². The van der Waals surface area contributed by atoms with Crippen molar-refractivity contribution in [3.05, 3.63) is 0 Å². The minimum Gasteiger partial charge on any atom is -0.480 e. The van der Waals surface area contributed by atoms with E-state index in [1.807, 2.05) is 13.8 Å². The van der Waals surface area contributed by atoms with Crippen LogP contribution in [-0.4, -0.2) is 75.6 Å². The summed E-state index contributed by atoms with van der Waals surface area (Å²) < 4.78 is 0. The highest BCUT2D eigenvalue weighted by Crippen LogP contribution is 2.19. The number of aliphatic carboxylic acids is 1. The van der Waals surface area contributed by atoms with Crippen molar-refractivity contribution in [2.24, 2.45) is 11.7 Å². The van der Waals surface area contributed by atoms with Crippen molar-refractivity contribution in [2.45, 2.75) is 77.2 Å². The Hall–Kier alpha value is -2.20. The molecule has 28 heavy (non-hydrogen) atoms. The molecule has 1 aliphatic heterocycles. The molecule has 1 fully saturated rings. The molecule has 1 heterocycles. The van der Waals surface area contributed by atoms with Gasteiger partial charge in [-0.3, -0.25) is 14.4 Å². The molecule has 0 spiro atoms. The number of nitrogens with one attached hydrogen (secondary N) is 2. The summed E-state index contributed by atoms with van der Waals surface area (Å²) in [6, 6.07) is -3.91. The lowest BCUT2D eigenvalue weighted by atomic mass is 10.0. The van der Waals surface area contributed by atoms with Crippen molar-refractivity contribution in [1.82, 2.24) is 15.5 Å². The lowest BCUT2D eigenvalue weighted by Crippen LogP contribution is -2.57. The Labute approximate surface area is 164 Å². The minimum atomic E-state index is -1.17. The molecule has 1 rings (SSSR count). The van der Waals surface area contributed by atoms with Crippen LogP contribution in [0.15, 0.2) is 0 Å². The van der Waals surface area contributed by atoms with Gasteiger partial charge in [-0.05, 0) is 39.0 Å². The molecule has 160 valence electrons. The average molecular weight is 400 g/mol. The van der Waals surface area contributed by atoms with E-state index in [9.17, 15) is 29.4 Å². The predicted molar refractivity (Wildman–Crippen MR) is 101 cm³/mol. The first-order chi connectivity index (χ1) is 13.0. The molecular formula is C18H32N4O6. The summed E-state index contributed by atoms with van der Waals surface area (Å²) in [5.74, 6) is -2.68. The number of rotatable bonds is 9. The van der Waals surface area contributed by atoms with E-state index in [1.165, 1.54) is 18.7 Å². The normalized spacial score (nSPS) is 21.0. The van der Waals surface area contributed by atoms with Gasteiger partial charge in [0.1, 0.15) is 24.2 Å². The molecule has 0 bridgehead atoms. The van der Waals surface area contributed by atoms with Crippen LogP contribution >= 0.6 is 0 Å². The van der Waals surface area contributed by atoms with E-state index in [2.05, 4.69) is 10.6 Å². The largest absolute Gasteiger partial charge is 0.480 e. The van der Waals surface area contributed by atoms with Crippen LogP contribution in [0, 0.1) is 5.92 Å². The number of nitrogens with two attached hydrogens (primary N) is 1. The van der Waals surface area contributed by atoms with Gasteiger partial charge in [-0.15, -0.1) is 0 Å². The predicted octanol–water partition coefficient (Wildman–Crippen LogP) is -1.19. The zero-order chi connectivity index (χ0) is 21.6. The van der Waals surface area contributed by atoms with Gasteiger partial charge < -0.3 is 31.5 Å². The highest BCUT2D eigenvalue weighted by Gasteiger charge is 2.38. The number of carbonyl (C=O) groups is 4. The lowest BCUT2D eigenvalue weighted by Gasteiger charge is -2.29. The van der Waals surface area contributed by atoms with Crippen molar-refractivity contribution in [2.75, 3.05) is 6.54 Å². The summed E-state index contributed by atoms with van der Waals surface area (Å²) >= 11 is 0. The fraction of sp³-hybridized carbons (Fsp3) is 0.778. The lowest BCUT2D eigenvalue weighted by molar-refractivity contribution is -0.145. The summed E-state index contributed by atoms with van der Waals surface area (Å²) in [5, 5.41) is 23.6. The molecule has 6 N–H and O–H groups in total. The smallest absolute Gasteiger partial charge is 0.326 e. The average Bonchev–Trinajstić information content (AvgIpc) is 3.08. The molecule has 1 aliphatic rings. The van der Waals surface area contributed by atoms with Gasteiger partial charge in [0.2, 0.25) is 17.7 Å². The van der Waals surface area contributed by atoms with Gasteiger partial charge in [0.05, 0.1) is 6.10 Å². The fourth-order valence-electron chi connectivity index (χ4n) is 3.10. The highest BCUT2D eigenvalue weighted by molar-refractivity contribution is 5.94. The monoisotopic (exact) mass is 400 g/mol. The van der Waals surface area contributed by atoms with Crippen molar-refractivity contribution >= 4 is 23.7 Å². The van der Waals surface area contributed by atoms with Crippen molar-refractivity contribution in [3.8, 4) is 0 Å². The van der Waals surface area contributed by atoms with Crippen LogP contribution in [-0.2, 0) is 19.2 Å². The molecule has 10 nitrogen and oxygen atoms in total. The third-order valence-electron chi connectivity index (χ3n) is 4.71. The Morgan fingerprint density at radius 1 is 1.14 bits per heavy atom. The van der Waals surface area contributed by atoms with Crippen LogP contribution in [0.3, 0.4) is 0 Å². The fourth-order valence-corrected chi connectivity index (χ4v) is 3.10. The second kappa shape index (κ2) is 10.4. The maximum absolute atomic E-state index is 12.7. The Kier molecular flexibility index (Phi) is 8.83. The second-order valence-corrected chi connectivity index (χ2v) is 7.72. The molecule has 1 saturated heterocycles. The standard InChI is InChI=1S/C18H32N4O6/c1-9(2)8-12(18(27)28)21-15(24)13-6-5-7-22(13)17(26)10(3)20-16(25)14(19)11(4)23/h9-14,23H,5-8,19H2,1-4H3,(H,20,25)(H,21,24)(H,27,28). The quantitative estimate of drug-likeness (QED) is 0.325. The number of nitrogens with zero attached hydrogens (tertiary/aromatic N) is 1. The van der Waals surface area contributed by atoms with E-state index in [-0.39, 0.29) is 12.3 Å². The number of hydrogen-bond donors (Lipinski definition) is 5. The first-order valence-corrected chi connectivity index (χ1v) is 9.53. The van der Waals surface area contributed by atoms with E-state index in [0.29, 0.717) is 19.4 Å². The third kappa shape index (κ3) is 6.45. The highest BCUT2D eigenvalue weighted by atomic mass is 16.4. The Morgan fingerprint density at radius 3 is 2.25 bits per heavy atom. The van der Waals surface area contributed by atoms with Crippen LogP contribution < -0.4 is 16.4 Å². The number of carboxylic acid groups (broad SMARTS) is 1. The zero-order valence-electron chi connectivity index (χ0n) is 16.8. The Morgan fingerprint density at radius 2 is 1.75 bits per heavy atom. The summed E-state index contributed by atoms with van der Waals surface area (Å²) in [5.41, 5.74) is 5.55. The number of amides is 3. The van der Waals surface area contributed by atoms with Gasteiger partial charge in [0.25, 0.3) is 0 Å². The molecule has 10 heteroatoms. The van der Waals surface area contributed by atoms with Gasteiger partial charge in [0.15, 0.2) is 0 Å². The number of carbonyl (C=O) groups excluding carboxylic acids is 3. The molecule has 5 unspecified atom stereocenters. The van der Waals surface area contributed by atoms with E-state index < -0.39 is 54.0 Å². The Bertz CT molecular complexity index is 595. The molecule has 0 saturated carbocycles. The van der Waals surface area contributed by atoms with Gasteiger partial charge in [-0.2, -0.15) is 0 Å². The topological polar surface area (TPSA) is 162 Å². The molecule has 5 atom stereocenters. The molecule has 0 radical (unpaired) electrons. The third-order valence-corrected chi connectivity index (χ3v) is 4.71. The van der Waals surface area contributed by atoms with E-state index in [4.69, 9.17) is 5.73 Å². The van der Waals surface area contributed by atoms with Crippen LogP contribution in [0.2, 0.25) is 0 Å². The first kappa shape index (κ1) is 23.8. The zero-order valence-corrected chi connectivity index (χ0v) is 16.8. The minimum absolute atomic E-state index is 0.0797. The van der Waals surface area contributed by atoms with Gasteiger partial charge in [-0.25, -0.2) is 4.79 Å². The number of aliphatic hydroxyl groups is 1. The van der Waals surface area contributed by atoms with Gasteiger partial charge in [0, 0.05) is 6.54 Å².